The summed E-state index contributed by atoms with van der Waals surface area (Å²) in [6.45, 7) is 4.10. The van der Waals surface area contributed by atoms with Gasteiger partial charge >= 0.3 is 6.18 Å². The highest BCUT2D eigenvalue weighted by Gasteiger charge is 2.32. The van der Waals surface area contributed by atoms with Crippen LogP contribution >= 0.6 is 23.2 Å². The fourth-order valence-electron chi connectivity index (χ4n) is 4.66. The Balaban J connectivity index is 1.22. The molecule has 0 radical (unpaired) electrons. The second-order valence-corrected chi connectivity index (χ2v) is 9.84. The first-order valence-corrected chi connectivity index (χ1v) is 12.6. The highest BCUT2D eigenvalue weighted by atomic mass is 35.5. The van der Waals surface area contributed by atoms with Gasteiger partial charge in [0.15, 0.2) is 0 Å². The molecular formula is C26H24Cl2F3N5O. The van der Waals surface area contributed by atoms with E-state index in [1.165, 1.54) is 10.7 Å². The summed E-state index contributed by atoms with van der Waals surface area (Å²) in [6.07, 6.45) is -1.16. The van der Waals surface area contributed by atoms with Crippen molar-refractivity contribution >= 4 is 40.6 Å². The molecule has 5 rings (SSSR count). The summed E-state index contributed by atoms with van der Waals surface area (Å²) in [5.74, 6) is 0.440. The van der Waals surface area contributed by atoms with Crippen molar-refractivity contribution in [1.29, 1.82) is 0 Å². The summed E-state index contributed by atoms with van der Waals surface area (Å²) < 4.78 is 41.2. The van der Waals surface area contributed by atoms with Gasteiger partial charge in [0.2, 0.25) is 5.91 Å². The van der Waals surface area contributed by atoms with E-state index in [1.54, 1.807) is 29.3 Å². The number of hydrogen-bond acceptors (Lipinski definition) is 4. The Kier molecular flexibility index (Phi) is 7.31. The first-order valence-electron chi connectivity index (χ1n) is 11.8. The largest absolute Gasteiger partial charge is 0.416 e. The molecule has 37 heavy (non-hydrogen) atoms. The van der Waals surface area contributed by atoms with Crippen molar-refractivity contribution < 1.29 is 18.0 Å². The van der Waals surface area contributed by atoms with Gasteiger partial charge in [0.1, 0.15) is 5.82 Å². The molecule has 2 aromatic carbocycles. The lowest BCUT2D eigenvalue weighted by molar-refractivity contribution is -0.137. The average Bonchev–Trinajstić information content (AvgIpc) is 3.36. The maximum atomic E-state index is 13.2. The van der Waals surface area contributed by atoms with Crippen molar-refractivity contribution in [3.05, 3.63) is 87.5 Å². The highest BCUT2D eigenvalue weighted by molar-refractivity contribution is 6.35. The van der Waals surface area contributed by atoms with Crippen LogP contribution in [-0.4, -0.2) is 64.8 Å². The molecule has 0 spiro atoms. The Morgan fingerprint density at radius 3 is 2.32 bits per heavy atom. The molecule has 0 atom stereocenters. The van der Waals surface area contributed by atoms with E-state index in [0.717, 1.165) is 30.8 Å². The molecule has 0 aliphatic carbocycles. The fourth-order valence-corrected chi connectivity index (χ4v) is 5.17. The lowest BCUT2D eigenvalue weighted by Gasteiger charge is -2.36. The molecule has 3 heterocycles. The number of amides is 1. The van der Waals surface area contributed by atoms with Gasteiger partial charge in [-0.1, -0.05) is 41.4 Å². The number of nitrogens with zero attached hydrogens (tertiary/aromatic N) is 5. The van der Waals surface area contributed by atoms with Gasteiger partial charge in [-0.2, -0.15) is 18.3 Å². The third-order valence-electron chi connectivity index (χ3n) is 6.65. The van der Waals surface area contributed by atoms with Gasteiger partial charge in [0.25, 0.3) is 0 Å². The zero-order valence-corrected chi connectivity index (χ0v) is 21.3. The Morgan fingerprint density at radius 1 is 0.946 bits per heavy atom. The molecule has 1 aromatic heterocycles. The van der Waals surface area contributed by atoms with Crippen LogP contribution in [0.3, 0.4) is 0 Å². The molecule has 0 saturated carbocycles. The minimum Gasteiger partial charge on any atom is -0.296 e. The Labute approximate surface area is 222 Å². The van der Waals surface area contributed by atoms with Crippen LogP contribution in [0.1, 0.15) is 16.7 Å². The van der Waals surface area contributed by atoms with Gasteiger partial charge in [-0.05, 0) is 30.3 Å². The van der Waals surface area contributed by atoms with Crippen LogP contribution in [0.25, 0.3) is 5.70 Å². The maximum Gasteiger partial charge on any atom is 0.416 e. The predicted molar refractivity (Wildman–Crippen MR) is 138 cm³/mol. The lowest BCUT2D eigenvalue weighted by Crippen LogP contribution is -2.50. The number of carbonyl (C=O) groups excluding carboxylic acids is 1. The number of hydrogen-bond donors (Lipinski definition) is 0. The Bertz CT molecular complexity index is 1310. The smallest absolute Gasteiger partial charge is 0.296 e. The average molecular weight is 550 g/mol. The number of benzene rings is 2. The van der Waals surface area contributed by atoms with E-state index in [4.69, 9.17) is 23.2 Å². The second kappa shape index (κ2) is 10.5. The minimum absolute atomic E-state index is 0.0938. The quantitative estimate of drug-likeness (QED) is 0.435. The third kappa shape index (κ3) is 5.55. The van der Waals surface area contributed by atoms with Crippen molar-refractivity contribution in [3.8, 4) is 0 Å². The topological polar surface area (TPSA) is 44.6 Å². The van der Waals surface area contributed by atoms with E-state index < -0.39 is 11.7 Å². The summed E-state index contributed by atoms with van der Waals surface area (Å²) in [6, 6.07) is 12.3. The zero-order chi connectivity index (χ0) is 26.2. The van der Waals surface area contributed by atoms with Gasteiger partial charge in [-0.15, -0.1) is 0 Å². The molecule has 1 saturated heterocycles. The molecule has 1 fully saturated rings. The Hall–Kier alpha value is -2.85. The van der Waals surface area contributed by atoms with Crippen LogP contribution < -0.4 is 4.90 Å². The van der Waals surface area contributed by atoms with Crippen LogP contribution in [0, 0.1) is 0 Å². The standard InChI is InChI=1S/C26H24Cl2F3N5O/c27-21-5-2-6-22(28)20(21)16-33-11-13-34(14-12-33)17-25(37)35-10-8-23(36-24(35)7-9-32-36)18-3-1-4-19(15-18)26(29,30)31/h1-9,15H,10-14,16-17H2. The van der Waals surface area contributed by atoms with Crippen molar-refractivity contribution in [2.24, 2.45) is 0 Å². The fraction of sp³-hybridized carbons (Fsp3) is 0.308. The van der Waals surface area contributed by atoms with Crippen LogP contribution in [-0.2, 0) is 17.5 Å². The van der Waals surface area contributed by atoms with Crippen LogP contribution in [0.2, 0.25) is 10.0 Å². The normalized spacial score (nSPS) is 17.0. The number of anilines is 1. The molecule has 1 amide bonds. The summed E-state index contributed by atoms with van der Waals surface area (Å²) in [4.78, 5) is 19.2. The predicted octanol–water partition coefficient (Wildman–Crippen LogP) is 5.26. The molecule has 194 valence electrons. The van der Waals surface area contributed by atoms with Crippen molar-refractivity contribution in [2.75, 3.05) is 44.2 Å². The number of piperazine rings is 1. The molecule has 0 N–H and O–H groups in total. The van der Waals surface area contributed by atoms with Crippen molar-refractivity contribution in [1.82, 2.24) is 19.6 Å². The van der Waals surface area contributed by atoms with Crippen molar-refractivity contribution in [3.63, 3.8) is 0 Å². The van der Waals surface area contributed by atoms with Gasteiger partial charge in [-0.25, -0.2) is 4.68 Å². The molecule has 6 nitrogen and oxygen atoms in total. The van der Waals surface area contributed by atoms with E-state index in [0.29, 0.717) is 46.8 Å². The number of halogens is 5. The molecule has 2 aliphatic heterocycles. The van der Waals surface area contributed by atoms with Crippen LogP contribution in [0.5, 0.6) is 0 Å². The minimum atomic E-state index is -4.44. The van der Waals surface area contributed by atoms with Gasteiger partial charge in [0.05, 0.1) is 24.0 Å². The third-order valence-corrected chi connectivity index (χ3v) is 7.36. The van der Waals surface area contributed by atoms with E-state index in [-0.39, 0.29) is 19.0 Å². The molecule has 11 heteroatoms. The zero-order valence-electron chi connectivity index (χ0n) is 19.8. The first kappa shape index (κ1) is 25.8. The monoisotopic (exact) mass is 549 g/mol. The van der Waals surface area contributed by atoms with E-state index in [9.17, 15) is 18.0 Å². The summed E-state index contributed by atoms with van der Waals surface area (Å²) in [7, 11) is 0. The van der Waals surface area contributed by atoms with Crippen LogP contribution in [0.4, 0.5) is 19.0 Å². The number of carbonyl (C=O) groups is 1. The van der Waals surface area contributed by atoms with Gasteiger partial charge in [-0.3, -0.25) is 19.5 Å². The summed E-state index contributed by atoms with van der Waals surface area (Å²) in [5.41, 5.74) is 1.08. The maximum absolute atomic E-state index is 13.2. The second-order valence-electron chi connectivity index (χ2n) is 9.03. The van der Waals surface area contributed by atoms with Gasteiger partial charge < -0.3 is 0 Å². The molecule has 2 aliphatic rings. The number of alkyl halides is 3. The Morgan fingerprint density at radius 2 is 1.62 bits per heavy atom. The van der Waals surface area contributed by atoms with Crippen LogP contribution in [0.15, 0.2) is 60.8 Å². The molecule has 3 aromatic rings. The van der Waals surface area contributed by atoms with E-state index in [2.05, 4.69) is 14.9 Å². The number of aromatic nitrogens is 2. The summed E-state index contributed by atoms with van der Waals surface area (Å²) >= 11 is 12.6. The number of fused-ring (bicyclic) bond motifs is 1. The number of rotatable bonds is 5. The van der Waals surface area contributed by atoms with E-state index in [1.807, 2.05) is 18.2 Å². The lowest BCUT2D eigenvalue weighted by atomic mass is 10.1. The summed E-state index contributed by atoms with van der Waals surface area (Å²) in [5, 5.41) is 5.57. The van der Waals surface area contributed by atoms with Gasteiger partial charge in [0, 0.05) is 66.5 Å². The molecule has 0 unspecified atom stereocenters. The molecular weight excluding hydrogens is 526 g/mol. The van der Waals surface area contributed by atoms with E-state index >= 15 is 0 Å². The highest BCUT2D eigenvalue weighted by Crippen LogP contribution is 2.33. The SMILES string of the molecule is O=C(CN1CCN(Cc2c(Cl)cccc2Cl)CC1)N1CC=C(c2cccc(C(F)(F)F)c2)n2nccc21. The first-order chi connectivity index (χ1) is 17.7. The molecule has 0 bridgehead atoms. The van der Waals surface area contributed by atoms with Crippen molar-refractivity contribution in [2.45, 2.75) is 12.7 Å².